The molecule has 0 spiro atoms. The fourth-order valence-corrected chi connectivity index (χ4v) is 4.83. The second-order valence-electron chi connectivity index (χ2n) is 4.29. The van der Waals surface area contributed by atoms with Crippen LogP contribution in [0.5, 0.6) is 17.2 Å². The van der Waals surface area contributed by atoms with Crippen LogP contribution in [0.1, 0.15) is 0 Å². The molecule has 0 aliphatic carbocycles. The van der Waals surface area contributed by atoms with E-state index in [-0.39, 0.29) is 18.1 Å². The molecule has 0 fully saturated rings. The molecule has 0 heterocycles. The Balaban J connectivity index is 0.00000288. The number of nitrogens with zero attached hydrogens (tertiary/aromatic N) is 1. The van der Waals surface area contributed by atoms with Crippen molar-refractivity contribution in [1.82, 2.24) is 0 Å². The summed E-state index contributed by atoms with van der Waals surface area (Å²) >= 11 is -1.10. The Bertz CT molecular complexity index is 719. The van der Waals surface area contributed by atoms with Crippen LogP contribution in [0, 0.1) is 23.1 Å². The van der Waals surface area contributed by atoms with Gasteiger partial charge in [0.05, 0.1) is 26.3 Å². The summed E-state index contributed by atoms with van der Waals surface area (Å²) in [6, 6.07) is 6.78. The molecule has 0 N–H and O–H groups in total. The van der Waals surface area contributed by atoms with E-state index in [2.05, 4.69) is 0 Å². The molecule has 0 aliphatic heterocycles. The molecule has 0 radical (unpaired) electrons. The smallest absolute Gasteiger partial charge is 0.373 e. The van der Waals surface area contributed by atoms with Crippen LogP contribution in [0.2, 0.25) is 0 Å². The van der Waals surface area contributed by atoms with Gasteiger partial charge in [-0.25, -0.2) is 4.39 Å². The van der Waals surface area contributed by atoms with Crippen LogP contribution in [0.15, 0.2) is 30.3 Å². The summed E-state index contributed by atoms with van der Waals surface area (Å²) in [6.45, 7) is 0. The Kier molecular flexibility index (Phi) is 7.49. The molecule has 0 bridgehead atoms. The number of ether oxygens (including phenoxy) is 3. The molecule has 2 aromatic rings. The van der Waals surface area contributed by atoms with E-state index in [0.717, 1.165) is 6.07 Å². The highest BCUT2D eigenvalue weighted by Crippen LogP contribution is 2.27. The molecule has 0 unspecified atom stereocenters. The molecule has 0 aliphatic rings. The molecule has 0 atom stereocenters. The molecule has 0 saturated carbocycles. The van der Waals surface area contributed by atoms with E-state index < -0.39 is 31.9 Å². The lowest BCUT2D eigenvalue weighted by Crippen LogP contribution is -3.61. The van der Waals surface area contributed by atoms with Gasteiger partial charge in [0.15, 0.2) is 11.5 Å². The topological polar surface area (TPSA) is 70.8 Å². The van der Waals surface area contributed by atoms with Crippen molar-refractivity contribution in [2.24, 2.45) is 0 Å². The van der Waals surface area contributed by atoms with Crippen LogP contribution in [0.4, 0.5) is 10.1 Å². The molecule has 130 valence electrons. The van der Waals surface area contributed by atoms with E-state index >= 15 is 0 Å². The predicted molar refractivity (Wildman–Crippen MR) is 76.5 cm³/mol. The standard InChI is InChI=1S/C15H14FINO5.ClH/c1-21-10-7-13(22-2)15(14(8-10)23-3)17-11-6-9(16)4-5-12(11)18(19)20;/h4-8H,1-3H3;1H/q+1;/p-1. The highest BCUT2D eigenvalue weighted by atomic mass is 127. The number of hydrogen-bond acceptors (Lipinski definition) is 5. The van der Waals surface area contributed by atoms with E-state index in [1.807, 2.05) is 0 Å². The summed E-state index contributed by atoms with van der Waals surface area (Å²) in [5.74, 6) is 1.01. The fraction of sp³-hybridized carbons (Fsp3) is 0.200. The summed E-state index contributed by atoms with van der Waals surface area (Å²) < 4.78 is 30.4. The molecule has 0 aromatic heterocycles. The Labute approximate surface area is 154 Å². The fourth-order valence-electron chi connectivity index (χ4n) is 1.86. The molecular formula is C15H14ClFINO5. The summed E-state index contributed by atoms with van der Waals surface area (Å²) in [5, 5.41) is 11.2. The minimum absolute atomic E-state index is 0. The van der Waals surface area contributed by atoms with E-state index in [1.165, 1.54) is 33.5 Å². The number of benzene rings is 2. The van der Waals surface area contributed by atoms with Crippen molar-refractivity contribution in [1.29, 1.82) is 0 Å². The van der Waals surface area contributed by atoms with Gasteiger partial charge in [-0.05, 0) is 6.07 Å². The van der Waals surface area contributed by atoms with Gasteiger partial charge in [0.25, 0.3) is 7.14 Å². The molecule has 0 saturated heterocycles. The summed E-state index contributed by atoms with van der Waals surface area (Å²) in [6.07, 6.45) is 0. The first-order valence-electron chi connectivity index (χ1n) is 6.39. The van der Waals surface area contributed by atoms with Crippen molar-refractivity contribution in [3.63, 3.8) is 0 Å². The molecular weight excluding hydrogens is 456 g/mol. The zero-order chi connectivity index (χ0) is 17.0. The Morgan fingerprint density at radius 3 is 2.08 bits per heavy atom. The SMILES string of the molecule is COc1cc(OC)c([I+]c2cc(F)ccc2[N+](=O)[O-])c(OC)c1.[Cl-]. The van der Waals surface area contributed by atoms with E-state index in [0.29, 0.717) is 24.4 Å². The first-order valence-corrected chi connectivity index (χ1v) is 8.54. The van der Waals surface area contributed by atoms with Crippen LogP contribution in [-0.4, -0.2) is 26.3 Å². The van der Waals surface area contributed by atoms with Crippen molar-refractivity contribution >= 4 is 5.69 Å². The Hall–Kier alpha value is -1.81. The van der Waals surface area contributed by atoms with Crippen LogP contribution >= 0.6 is 0 Å². The first kappa shape index (κ1) is 20.2. The third-order valence-corrected chi connectivity index (χ3v) is 6.01. The first-order chi connectivity index (χ1) is 11.0. The number of halogens is 3. The van der Waals surface area contributed by atoms with Crippen LogP contribution < -0.4 is 47.8 Å². The van der Waals surface area contributed by atoms with Gasteiger partial charge in [0.2, 0.25) is 0 Å². The van der Waals surface area contributed by atoms with Crippen LogP contribution in [0.25, 0.3) is 0 Å². The maximum atomic E-state index is 13.5. The van der Waals surface area contributed by atoms with Crippen molar-refractivity contribution in [2.45, 2.75) is 0 Å². The van der Waals surface area contributed by atoms with Gasteiger partial charge in [-0.3, -0.25) is 10.1 Å². The van der Waals surface area contributed by atoms with E-state index in [9.17, 15) is 14.5 Å². The maximum absolute atomic E-state index is 13.5. The zero-order valence-corrected chi connectivity index (χ0v) is 15.9. The predicted octanol–water partition coefficient (Wildman–Crippen LogP) is -3.11. The van der Waals surface area contributed by atoms with Gasteiger partial charge in [0.1, 0.15) is 11.6 Å². The number of nitro benzene ring substituents is 1. The quantitative estimate of drug-likeness (QED) is 0.255. The van der Waals surface area contributed by atoms with Gasteiger partial charge >= 0.3 is 26.9 Å². The average Bonchev–Trinajstić information content (AvgIpc) is 2.54. The molecule has 2 aromatic carbocycles. The largest absolute Gasteiger partial charge is 1.00 e. The third kappa shape index (κ3) is 4.38. The lowest BCUT2D eigenvalue weighted by Gasteiger charge is -2.08. The monoisotopic (exact) mass is 469 g/mol. The Morgan fingerprint density at radius 2 is 1.62 bits per heavy atom. The van der Waals surface area contributed by atoms with Gasteiger partial charge < -0.3 is 26.6 Å². The van der Waals surface area contributed by atoms with Gasteiger partial charge in [-0.1, -0.05) is 0 Å². The number of rotatable bonds is 6. The number of nitro groups is 1. The second kappa shape index (κ2) is 8.88. The average molecular weight is 470 g/mol. The highest BCUT2D eigenvalue weighted by molar-refractivity contribution is 5.42. The normalized spacial score (nSPS) is 9.83. The van der Waals surface area contributed by atoms with Gasteiger partial charge in [0, 0.05) is 24.3 Å². The Morgan fingerprint density at radius 1 is 1.04 bits per heavy atom. The lowest BCUT2D eigenvalue weighted by atomic mass is 10.3. The van der Waals surface area contributed by atoms with Crippen molar-refractivity contribution < 1.29 is 57.1 Å². The maximum Gasteiger partial charge on any atom is 0.373 e. The summed E-state index contributed by atoms with van der Waals surface area (Å²) in [5.41, 5.74) is -0.112. The second-order valence-corrected chi connectivity index (χ2v) is 7.07. The molecule has 6 nitrogen and oxygen atoms in total. The lowest BCUT2D eigenvalue weighted by molar-refractivity contribution is -0.606. The molecule has 9 heteroatoms. The molecule has 24 heavy (non-hydrogen) atoms. The zero-order valence-electron chi connectivity index (χ0n) is 13.0. The van der Waals surface area contributed by atoms with Gasteiger partial charge in [-0.2, -0.15) is 0 Å². The van der Waals surface area contributed by atoms with E-state index in [1.54, 1.807) is 12.1 Å². The third-order valence-electron chi connectivity index (χ3n) is 2.96. The summed E-state index contributed by atoms with van der Waals surface area (Å²) in [7, 11) is 4.49. The minimum atomic E-state index is -1.10. The van der Waals surface area contributed by atoms with Crippen LogP contribution in [0.3, 0.4) is 0 Å². The summed E-state index contributed by atoms with van der Waals surface area (Å²) in [4.78, 5) is 10.6. The van der Waals surface area contributed by atoms with Crippen LogP contribution in [-0.2, 0) is 0 Å². The van der Waals surface area contributed by atoms with Crippen molar-refractivity contribution in [2.75, 3.05) is 21.3 Å². The number of methoxy groups -OCH3 is 3. The number of hydrogen-bond donors (Lipinski definition) is 0. The van der Waals surface area contributed by atoms with Gasteiger partial charge in [-0.15, -0.1) is 0 Å². The molecule has 0 amide bonds. The molecule has 2 rings (SSSR count). The minimum Gasteiger partial charge on any atom is -1.00 e. The van der Waals surface area contributed by atoms with Crippen molar-refractivity contribution in [3.8, 4) is 17.2 Å². The van der Waals surface area contributed by atoms with E-state index in [4.69, 9.17) is 14.2 Å². The highest BCUT2D eigenvalue weighted by Gasteiger charge is 2.34. The van der Waals surface area contributed by atoms with Crippen molar-refractivity contribution in [3.05, 3.63) is 53.4 Å².